The molecule has 0 unspecified atom stereocenters. The number of hydrogen-bond donors (Lipinski definition) is 1. The van der Waals surface area contributed by atoms with Gasteiger partial charge >= 0.3 is 0 Å². The number of nitrogens with zero attached hydrogens (tertiary/aromatic N) is 2. The van der Waals surface area contributed by atoms with Crippen LogP contribution in [0.15, 0.2) is 58.8 Å². The van der Waals surface area contributed by atoms with Crippen molar-refractivity contribution in [3.05, 3.63) is 48.5 Å². The van der Waals surface area contributed by atoms with Crippen molar-refractivity contribution in [2.45, 2.75) is 32.6 Å². The average Bonchev–Trinajstić information content (AvgIpc) is 2.55. The summed E-state index contributed by atoms with van der Waals surface area (Å²) in [7, 11) is 0. The SMILES string of the molecule is CCCCCCOc1ccc(N=Nc2ccccc2)c(O)c1. The number of hydrogen-bond acceptors (Lipinski definition) is 4. The molecule has 0 radical (unpaired) electrons. The minimum absolute atomic E-state index is 0.0748. The number of unbranched alkanes of at least 4 members (excludes halogenated alkanes) is 3. The second kappa shape index (κ2) is 8.82. The van der Waals surface area contributed by atoms with E-state index in [1.54, 1.807) is 18.2 Å². The van der Waals surface area contributed by atoms with Crippen LogP contribution in [-0.2, 0) is 0 Å². The molecule has 0 bridgehead atoms. The Morgan fingerprint density at radius 2 is 1.77 bits per heavy atom. The summed E-state index contributed by atoms with van der Waals surface area (Å²) in [5, 5.41) is 18.1. The van der Waals surface area contributed by atoms with Crippen LogP contribution in [0.25, 0.3) is 0 Å². The smallest absolute Gasteiger partial charge is 0.146 e. The summed E-state index contributed by atoms with van der Waals surface area (Å²) in [6.45, 7) is 2.85. The van der Waals surface area contributed by atoms with Gasteiger partial charge in [0, 0.05) is 6.07 Å². The highest BCUT2D eigenvalue weighted by molar-refractivity contribution is 5.54. The van der Waals surface area contributed by atoms with Gasteiger partial charge in [-0.1, -0.05) is 44.4 Å². The summed E-state index contributed by atoms with van der Waals surface area (Å²) >= 11 is 0. The predicted molar refractivity (Wildman–Crippen MR) is 88.4 cm³/mol. The summed E-state index contributed by atoms with van der Waals surface area (Å²) < 4.78 is 5.62. The third-order valence-electron chi connectivity index (χ3n) is 3.24. The first kappa shape index (κ1) is 16.0. The normalized spacial score (nSPS) is 11.0. The fourth-order valence-corrected chi connectivity index (χ4v) is 2.00. The van der Waals surface area contributed by atoms with Gasteiger partial charge in [0.1, 0.15) is 17.2 Å². The van der Waals surface area contributed by atoms with E-state index in [2.05, 4.69) is 17.2 Å². The van der Waals surface area contributed by atoms with Crippen LogP contribution in [-0.4, -0.2) is 11.7 Å². The van der Waals surface area contributed by atoms with Crippen LogP contribution < -0.4 is 4.74 Å². The Kier molecular flexibility index (Phi) is 6.42. The zero-order valence-corrected chi connectivity index (χ0v) is 12.9. The highest BCUT2D eigenvalue weighted by Crippen LogP contribution is 2.31. The van der Waals surface area contributed by atoms with Gasteiger partial charge in [-0.25, -0.2) is 0 Å². The molecule has 0 heterocycles. The lowest BCUT2D eigenvalue weighted by molar-refractivity contribution is 0.303. The van der Waals surface area contributed by atoms with Crippen molar-refractivity contribution in [2.75, 3.05) is 6.61 Å². The lowest BCUT2D eigenvalue weighted by atomic mass is 10.2. The van der Waals surface area contributed by atoms with Gasteiger partial charge in [0.05, 0.1) is 12.3 Å². The molecule has 0 amide bonds. The number of phenols is 1. The summed E-state index contributed by atoms with van der Waals surface area (Å²) in [5.41, 5.74) is 1.18. The Morgan fingerprint density at radius 1 is 0.955 bits per heavy atom. The molecule has 116 valence electrons. The molecule has 0 fully saturated rings. The van der Waals surface area contributed by atoms with Gasteiger partial charge in [-0.05, 0) is 30.7 Å². The lowest BCUT2D eigenvalue weighted by Gasteiger charge is -2.07. The highest BCUT2D eigenvalue weighted by atomic mass is 16.5. The molecule has 0 aliphatic carbocycles. The number of phenolic OH excluding ortho intramolecular Hbond substituents is 1. The first-order valence-corrected chi connectivity index (χ1v) is 7.72. The Balaban J connectivity index is 1.90. The predicted octanol–water partition coefficient (Wildman–Crippen LogP) is 5.77. The maximum Gasteiger partial charge on any atom is 0.146 e. The van der Waals surface area contributed by atoms with E-state index in [1.165, 1.54) is 19.3 Å². The second-order valence-corrected chi connectivity index (χ2v) is 5.10. The Morgan fingerprint density at radius 3 is 2.50 bits per heavy atom. The van der Waals surface area contributed by atoms with Crippen molar-refractivity contribution < 1.29 is 9.84 Å². The van der Waals surface area contributed by atoms with Crippen molar-refractivity contribution in [2.24, 2.45) is 10.2 Å². The molecule has 2 aromatic carbocycles. The Labute approximate surface area is 131 Å². The molecule has 0 atom stereocenters. The number of ether oxygens (including phenoxy) is 1. The lowest BCUT2D eigenvalue weighted by Crippen LogP contribution is -1.96. The summed E-state index contributed by atoms with van der Waals surface area (Å²) in [5.74, 6) is 0.735. The molecule has 0 aliphatic heterocycles. The zero-order valence-electron chi connectivity index (χ0n) is 12.9. The van der Waals surface area contributed by atoms with Crippen LogP contribution in [0.3, 0.4) is 0 Å². The number of azo groups is 1. The molecular formula is C18H22N2O2. The molecule has 0 saturated heterocycles. The van der Waals surface area contributed by atoms with Crippen LogP contribution in [0.2, 0.25) is 0 Å². The van der Waals surface area contributed by atoms with Crippen molar-refractivity contribution in [1.29, 1.82) is 0 Å². The van der Waals surface area contributed by atoms with Gasteiger partial charge in [0.15, 0.2) is 0 Å². The minimum atomic E-state index is 0.0748. The molecular weight excluding hydrogens is 276 g/mol. The molecule has 0 aromatic heterocycles. The van der Waals surface area contributed by atoms with E-state index in [1.807, 2.05) is 30.3 Å². The van der Waals surface area contributed by atoms with E-state index < -0.39 is 0 Å². The second-order valence-electron chi connectivity index (χ2n) is 5.10. The molecule has 4 heteroatoms. The summed E-state index contributed by atoms with van der Waals surface area (Å²) in [6, 6.07) is 14.5. The molecule has 22 heavy (non-hydrogen) atoms. The molecule has 1 N–H and O–H groups in total. The molecule has 0 spiro atoms. The van der Waals surface area contributed by atoms with Crippen molar-refractivity contribution in [3.63, 3.8) is 0 Å². The van der Waals surface area contributed by atoms with Gasteiger partial charge < -0.3 is 9.84 Å². The highest BCUT2D eigenvalue weighted by Gasteiger charge is 2.03. The van der Waals surface area contributed by atoms with Crippen LogP contribution in [0.4, 0.5) is 11.4 Å². The fraction of sp³-hybridized carbons (Fsp3) is 0.333. The van der Waals surface area contributed by atoms with E-state index in [9.17, 15) is 5.11 Å². The third kappa shape index (κ3) is 5.20. The third-order valence-corrected chi connectivity index (χ3v) is 3.24. The van der Waals surface area contributed by atoms with Gasteiger partial charge in [-0.15, -0.1) is 5.11 Å². The minimum Gasteiger partial charge on any atom is -0.505 e. The molecule has 2 rings (SSSR count). The van der Waals surface area contributed by atoms with E-state index in [0.29, 0.717) is 18.0 Å². The van der Waals surface area contributed by atoms with Gasteiger partial charge in [-0.2, -0.15) is 5.11 Å². The Bertz CT molecular complexity index is 597. The molecule has 0 aliphatic rings. The standard InChI is InChI=1S/C18H22N2O2/c1-2-3-4-8-13-22-16-11-12-17(18(21)14-16)20-19-15-9-6-5-7-10-15/h5-7,9-12,14,21H,2-4,8,13H2,1H3. The van der Waals surface area contributed by atoms with Crippen LogP contribution in [0.5, 0.6) is 11.5 Å². The maximum absolute atomic E-state index is 9.98. The van der Waals surface area contributed by atoms with Gasteiger partial charge in [0.25, 0.3) is 0 Å². The van der Waals surface area contributed by atoms with Crippen molar-refractivity contribution in [3.8, 4) is 11.5 Å². The fourth-order valence-electron chi connectivity index (χ4n) is 2.00. The average molecular weight is 298 g/mol. The van der Waals surface area contributed by atoms with Crippen molar-refractivity contribution in [1.82, 2.24) is 0 Å². The largest absolute Gasteiger partial charge is 0.505 e. The number of rotatable bonds is 8. The van der Waals surface area contributed by atoms with Gasteiger partial charge in [-0.3, -0.25) is 0 Å². The van der Waals surface area contributed by atoms with Crippen LogP contribution >= 0.6 is 0 Å². The Hall–Kier alpha value is -2.36. The van der Waals surface area contributed by atoms with Crippen LogP contribution in [0, 0.1) is 0 Å². The summed E-state index contributed by atoms with van der Waals surface area (Å²) in [6.07, 6.45) is 4.64. The van der Waals surface area contributed by atoms with E-state index in [0.717, 1.165) is 12.1 Å². The van der Waals surface area contributed by atoms with E-state index >= 15 is 0 Å². The van der Waals surface area contributed by atoms with E-state index in [4.69, 9.17) is 4.74 Å². The molecule has 4 nitrogen and oxygen atoms in total. The zero-order chi connectivity index (χ0) is 15.6. The van der Waals surface area contributed by atoms with E-state index in [-0.39, 0.29) is 5.75 Å². The first-order valence-electron chi connectivity index (χ1n) is 7.72. The number of benzene rings is 2. The monoisotopic (exact) mass is 298 g/mol. The first-order chi connectivity index (χ1) is 10.8. The van der Waals surface area contributed by atoms with Crippen molar-refractivity contribution >= 4 is 11.4 Å². The summed E-state index contributed by atoms with van der Waals surface area (Å²) in [4.78, 5) is 0. The topological polar surface area (TPSA) is 54.2 Å². The molecule has 0 saturated carbocycles. The number of aromatic hydroxyl groups is 1. The maximum atomic E-state index is 9.98. The quantitative estimate of drug-likeness (QED) is 0.497. The molecule has 2 aromatic rings. The van der Waals surface area contributed by atoms with Crippen LogP contribution in [0.1, 0.15) is 32.6 Å². The van der Waals surface area contributed by atoms with Gasteiger partial charge in [0.2, 0.25) is 0 Å².